The van der Waals surface area contributed by atoms with Crippen LogP contribution in [0.3, 0.4) is 0 Å². The standard InChI is InChI=1S/C40H47N5O9/c1-5-7-8-9-18-51-39(48)45-36(41)27-12-14-28(15-13-27)44-37(46)32-19-26(6-2)33(50-4)20-31(32)30-17-16-29(22-42-21-25-10-11-25)43-35(30)38(47)52-23-34-24(3)53-40(49)54-34/h6,12-17,19-20,25,40,42,49H,2,5,7-11,18,21-23H2,1,3-4H3,(H,44,46)(H2,41,45,48). The topological polar surface area (TPSA) is 190 Å². The van der Waals surface area contributed by atoms with Crippen molar-refractivity contribution in [1.29, 1.82) is 5.41 Å². The molecule has 3 aromatic rings. The number of benzene rings is 2. The van der Waals surface area contributed by atoms with Crippen molar-refractivity contribution in [3.63, 3.8) is 0 Å². The molecule has 0 radical (unpaired) electrons. The lowest BCUT2D eigenvalue weighted by molar-refractivity contribution is -0.194. The van der Waals surface area contributed by atoms with Gasteiger partial charge in [-0.15, -0.1) is 0 Å². The number of nitrogens with zero attached hydrogens (tertiary/aromatic N) is 1. The molecule has 1 unspecified atom stereocenters. The molecule has 2 heterocycles. The SMILES string of the molecule is C=Cc1cc(C(=O)Nc2ccc(C(=N)NC(=O)OCCCCCC)cc2)c(-c2ccc(CNCC3CC3)nc2C(=O)OCC2=C(C)OC(O)O2)cc1OC. The molecule has 1 fully saturated rings. The number of alkyl carbamates (subject to hydrolysis) is 1. The number of esters is 1. The second kappa shape index (κ2) is 18.9. The van der Waals surface area contributed by atoms with Crippen LogP contribution in [0.1, 0.15) is 90.0 Å². The molecule has 54 heavy (non-hydrogen) atoms. The van der Waals surface area contributed by atoms with Crippen LogP contribution in [0.25, 0.3) is 17.2 Å². The van der Waals surface area contributed by atoms with Gasteiger partial charge in [0.05, 0.1) is 19.4 Å². The van der Waals surface area contributed by atoms with Crippen molar-refractivity contribution in [3.05, 3.63) is 94.7 Å². The lowest BCUT2D eigenvalue weighted by atomic mass is 9.94. The van der Waals surface area contributed by atoms with Crippen molar-refractivity contribution >= 4 is 35.6 Å². The van der Waals surface area contributed by atoms with Crippen molar-refractivity contribution in [3.8, 4) is 16.9 Å². The molecule has 5 N–H and O–H groups in total. The zero-order valence-corrected chi connectivity index (χ0v) is 30.8. The molecular formula is C40H47N5O9. The van der Waals surface area contributed by atoms with Crippen LogP contribution in [0.5, 0.6) is 5.75 Å². The summed E-state index contributed by atoms with van der Waals surface area (Å²) in [5.41, 5.74) is 2.75. The van der Waals surface area contributed by atoms with Crippen LogP contribution in [0.15, 0.2) is 66.6 Å². The lowest BCUT2D eigenvalue weighted by Gasteiger charge is -2.17. The van der Waals surface area contributed by atoms with Gasteiger partial charge in [-0.2, -0.15) is 0 Å². The average Bonchev–Trinajstić information content (AvgIpc) is 3.94. The molecule has 1 atom stereocenters. The zero-order chi connectivity index (χ0) is 38.6. The summed E-state index contributed by atoms with van der Waals surface area (Å²) in [6.07, 6.45) is 7.08. The number of carbonyl (C=O) groups is 3. The molecular weight excluding hydrogens is 694 g/mol. The van der Waals surface area contributed by atoms with Gasteiger partial charge in [-0.3, -0.25) is 15.5 Å². The minimum atomic E-state index is -1.49. The van der Waals surface area contributed by atoms with Crippen molar-refractivity contribution < 1.29 is 43.2 Å². The van der Waals surface area contributed by atoms with Crippen LogP contribution in [0.2, 0.25) is 0 Å². The van der Waals surface area contributed by atoms with Gasteiger partial charge in [0, 0.05) is 40.0 Å². The number of ether oxygens (including phenoxy) is 5. The van der Waals surface area contributed by atoms with E-state index >= 15 is 0 Å². The van der Waals surface area contributed by atoms with Crippen molar-refractivity contribution in [1.82, 2.24) is 15.6 Å². The second-order valence-corrected chi connectivity index (χ2v) is 12.9. The van der Waals surface area contributed by atoms with Gasteiger partial charge in [-0.25, -0.2) is 14.6 Å². The fourth-order valence-electron chi connectivity index (χ4n) is 5.64. The molecule has 286 valence electrons. The Labute approximate surface area is 314 Å². The van der Waals surface area contributed by atoms with Crippen molar-refractivity contribution in [2.24, 2.45) is 5.92 Å². The number of aromatic nitrogens is 1. The monoisotopic (exact) mass is 741 g/mol. The zero-order valence-electron chi connectivity index (χ0n) is 30.8. The number of aliphatic hydroxyl groups excluding tert-OH is 1. The maximum atomic E-state index is 14.0. The van der Waals surface area contributed by atoms with E-state index in [-0.39, 0.29) is 41.8 Å². The largest absolute Gasteiger partial charge is 0.496 e. The van der Waals surface area contributed by atoms with E-state index in [9.17, 15) is 19.5 Å². The molecule has 0 bridgehead atoms. The third kappa shape index (κ3) is 10.7. The Morgan fingerprint density at radius 1 is 1.04 bits per heavy atom. The Balaban J connectivity index is 1.39. The summed E-state index contributed by atoms with van der Waals surface area (Å²) in [5, 5.41) is 26.6. The summed E-state index contributed by atoms with van der Waals surface area (Å²) in [4.78, 5) is 44.6. The predicted octanol–water partition coefficient (Wildman–Crippen LogP) is 6.49. The number of methoxy groups -OCH3 is 1. The normalized spacial score (nSPS) is 14.8. The highest BCUT2D eigenvalue weighted by molar-refractivity contribution is 6.11. The first-order valence-corrected chi connectivity index (χ1v) is 18.0. The molecule has 0 spiro atoms. The first-order chi connectivity index (χ1) is 26.1. The van der Waals surface area contributed by atoms with Crippen LogP contribution in [0, 0.1) is 11.3 Å². The van der Waals surface area contributed by atoms with Crippen LogP contribution < -0.4 is 20.7 Å². The number of pyridine rings is 1. The fourth-order valence-corrected chi connectivity index (χ4v) is 5.64. The van der Waals surface area contributed by atoms with E-state index in [1.165, 1.54) is 20.0 Å². The van der Waals surface area contributed by atoms with Gasteiger partial charge in [0.15, 0.2) is 18.1 Å². The molecule has 2 aliphatic rings. The number of nitrogens with one attached hydrogen (secondary N) is 4. The van der Waals surface area contributed by atoms with Crippen LogP contribution >= 0.6 is 0 Å². The first kappa shape index (κ1) is 39.5. The highest BCUT2D eigenvalue weighted by atomic mass is 16.8. The third-order valence-electron chi connectivity index (χ3n) is 8.84. The van der Waals surface area contributed by atoms with Crippen molar-refractivity contribution in [2.75, 3.05) is 32.2 Å². The molecule has 0 saturated heterocycles. The maximum absolute atomic E-state index is 14.0. The number of unbranched alkanes of at least 4 members (excludes halogenated alkanes) is 3. The number of carbonyl (C=O) groups excluding carboxylic acids is 3. The van der Waals surface area contributed by atoms with Gasteiger partial charge in [-0.1, -0.05) is 44.9 Å². The number of anilines is 1. The molecule has 14 heteroatoms. The van der Waals surface area contributed by atoms with Gasteiger partial charge in [-0.05, 0) is 81.1 Å². The summed E-state index contributed by atoms with van der Waals surface area (Å²) in [6.45, 7) is 7.27. The number of aliphatic hydroxyl groups is 1. The van der Waals surface area contributed by atoms with E-state index in [1.54, 1.807) is 61.5 Å². The predicted molar refractivity (Wildman–Crippen MR) is 202 cm³/mol. The Bertz CT molecular complexity index is 1890. The highest BCUT2D eigenvalue weighted by Gasteiger charge is 2.27. The molecule has 5 rings (SSSR count). The van der Waals surface area contributed by atoms with Crippen molar-refractivity contribution in [2.45, 2.75) is 65.4 Å². The van der Waals surface area contributed by atoms with E-state index in [2.05, 4.69) is 34.4 Å². The van der Waals surface area contributed by atoms with Gasteiger partial charge in [0.2, 0.25) is 0 Å². The molecule has 2 aromatic carbocycles. The highest BCUT2D eigenvalue weighted by Crippen LogP contribution is 2.35. The van der Waals surface area contributed by atoms with E-state index in [1.807, 2.05) is 0 Å². The Morgan fingerprint density at radius 3 is 2.48 bits per heavy atom. The summed E-state index contributed by atoms with van der Waals surface area (Å²) >= 11 is 0. The second-order valence-electron chi connectivity index (χ2n) is 12.9. The van der Waals surface area contributed by atoms with Crippen LogP contribution in [-0.4, -0.2) is 67.2 Å². The number of allylic oxidation sites excluding steroid dienone is 1. The summed E-state index contributed by atoms with van der Waals surface area (Å²) in [7, 11) is 1.49. The Morgan fingerprint density at radius 2 is 1.81 bits per heavy atom. The molecule has 2 amide bonds. The Kier molecular flexibility index (Phi) is 13.8. The lowest BCUT2D eigenvalue weighted by Crippen LogP contribution is -2.31. The molecule has 1 aliphatic carbocycles. The quantitative estimate of drug-likeness (QED) is 0.0414. The molecule has 1 aliphatic heterocycles. The maximum Gasteiger partial charge on any atom is 0.412 e. The number of amidine groups is 1. The smallest absolute Gasteiger partial charge is 0.412 e. The average molecular weight is 742 g/mol. The van der Waals surface area contributed by atoms with E-state index in [0.717, 1.165) is 32.2 Å². The van der Waals surface area contributed by atoms with E-state index in [0.29, 0.717) is 51.8 Å². The Hall–Kier alpha value is -5.73. The molecule has 1 aromatic heterocycles. The van der Waals surface area contributed by atoms with Crippen LogP contribution in [-0.2, 0) is 25.5 Å². The molecule has 1 saturated carbocycles. The summed E-state index contributed by atoms with van der Waals surface area (Å²) < 4.78 is 26.7. The van der Waals surface area contributed by atoms with Gasteiger partial charge < -0.3 is 39.4 Å². The number of hydrogen-bond acceptors (Lipinski definition) is 12. The number of rotatable bonds is 18. The van der Waals surface area contributed by atoms with Gasteiger partial charge >= 0.3 is 18.5 Å². The number of amides is 2. The van der Waals surface area contributed by atoms with E-state index in [4.69, 9.17) is 29.1 Å². The van der Waals surface area contributed by atoms with Gasteiger partial charge in [0.25, 0.3) is 5.91 Å². The first-order valence-electron chi connectivity index (χ1n) is 18.0. The van der Waals surface area contributed by atoms with Crippen LogP contribution in [0.4, 0.5) is 10.5 Å². The minimum Gasteiger partial charge on any atom is -0.496 e. The summed E-state index contributed by atoms with van der Waals surface area (Å²) in [5.74, 6) is 0.0429. The van der Waals surface area contributed by atoms with Gasteiger partial charge in [0.1, 0.15) is 17.3 Å². The summed E-state index contributed by atoms with van der Waals surface area (Å²) in [6, 6.07) is 13.1. The third-order valence-corrected chi connectivity index (χ3v) is 8.84. The minimum absolute atomic E-state index is 0.0456. The van der Waals surface area contributed by atoms with E-state index < -0.39 is 24.4 Å². The molecule has 14 nitrogen and oxygen atoms in total. The number of hydrogen-bond donors (Lipinski definition) is 5. The fraction of sp³-hybridized carbons (Fsp3) is 0.375.